The number of hydrogen-bond donors (Lipinski definition) is 0. The molecule has 0 N–H and O–H groups in total. The number of pyridine rings is 3. The number of thiophene rings is 1. The molecule has 0 saturated heterocycles. The molecule has 0 unspecified atom stereocenters. The Morgan fingerprint density at radius 1 is 0.388 bits per heavy atom. The molecule has 0 fully saturated rings. The Hall–Kier alpha value is -9.70. The van der Waals surface area contributed by atoms with Crippen LogP contribution in [0.4, 0.5) is 5.69 Å². The van der Waals surface area contributed by atoms with Gasteiger partial charge in [-0.2, -0.15) is 0 Å². The number of nitrogens with zero attached hydrogens (tertiary/aromatic N) is 9. The summed E-state index contributed by atoms with van der Waals surface area (Å²) in [6.45, 7) is 93.7. The van der Waals surface area contributed by atoms with Gasteiger partial charge >= 0.3 is 0 Å². The molecule has 7 aromatic carbocycles. The zero-order valence-electron chi connectivity index (χ0n) is 97.1. The van der Waals surface area contributed by atoms with Crippen molar-refractivity contribution in [3.05, 3.63) is 347 Å². The van der Waals surface area contributed by atoms with Crippen LogP contribution in [0.5, 0.6) is 0 Å². The normalized spacial score (nSPS) is 13.3. The quantitative estimate of drug-likeness (QED) is 0.136. The lowest BCUT2D eigenvalue weighted by atomic mass is 9.78. The molecule has 0 spiro atoms. The highest BCUT2D eigenvalue weighted by molar-refractivity contribution is 7.18. The van der Waals surface area contributed by atoms with E-state index in [-0.39, 0.29) is 54.1 Å². The lowest BCUT2D eigenvalue weighted by Gasteiger charge is -2.28. The second kappa shape index (κ2) is 49.2. The molecule has 15 aromatic rings. The summed E-state index contributed by atoms with van der Waals surface area (Å²) in [6, 6.07) is 51.5. The second-order valence-electron chi connectivity index (χ2n) is 51.3. The molecule has 0 radical (unpaired) electrons. The van der Waals surface area contributed by atoms with Crippen LogP contribution < -0.4 is 0 Å². The Bertz CT molecular complexity index is 7020. The maximum atomic E-state index is 6.31. The average Bonchev–Trinajstić information content (AvgIpc) is 1.74. The monoisotopic (exact) mass is 2090 g/mol. The number of fused-ring (bicyclic) bond motifs is 8. The van der Waals surface area contributed by atoms with Gasteiger partial charge in [0.2, 0.25) is 0 Å². The highest BCUT2D eigenvalue weighted by atomic mass is 35.5. The molecule has 9 heterocycles. The molecule has 0 bridgehead atoms. The van der Waals surface area contributed by atoms with E-state index in [1.54, 1.807) is 11.3 Å². The molecule has 8 aromatic heterocycles. The van der Waals surface area contributed by atoms with Crippen LogP contribution in [0, 0.1) is 55.4 Å². The van der Waals surface area contributed by atoms with Crippen molar-refractivity contribution in [1.29, 1.82) is 0 Å². The van der Waals surface area contributed by atoms with Crippen LogP contribution in [0.25, 0.3) is 48.3 Å². The molecule has 786 valence electrons. The van der Waals surface area contributed by atoms with Crippen LogP contribution in [0.2, 0.25) is 15.1 Å². The Balaban J connectivity index is 0.000000180. The minimum atomic E-state index is 0.133. The molecule has 4 aliphatic rings. The molecular weight excluding hydrogens is 1920 g/mol. The zero-order valence-corrected chi connectivity index (χ0v) is 102. The number of allylic oxidation sites excluding steroid dienone is 2. The molecule has 19 rings (SSSR count). The first-order valence-electron chi connectivity index (χ1n) is 52.3. The van der Waals surface area contributed by atoms with Crippen molar-refractivity contribution >= 4 is 129 Å². The van der Waals surface area contributed by atoms with Gasteiger partial charge in [-0.25, -0.2) is 19.9 Å². The van der Waals surface area contributed by atoms with Gasteiger partial charge in [0.1, 0.15) is 11.6 Å². The number of benzene rings is 7. The predicted molar refractivity (Wildman–Crippen MR) is 646 cm³/mol. The van der Waals surface area contributed by atoms with Gasteiger partial charge in [-0.05, 0) is 312 Å². The summed E-state index contributed by atoms with van der Waals surface area (Å²) in [5.41, 5.74) is 38.1. The van der Waals surface area contributed by atoms with Crippen LogP contribution in [-0.4, -0.2) is 46.3 Å². The Morgan fingerprint density at radius 2 is 0.946 bits per heavy atom. The van der Waals surface area contributed by atoms with E-state index in [4.69, 9.17) is 49.3 Å². The van der Waals surface area contributed by atoms with E-state index in [0.717, 1.165) is 92.6 Å². The topological polar surface area (TPSA) is 129 Å². The molecule has 10 nitrogen and oxygen atoms in total. The minimum absolute atomic E-state index is 0.133. The van der Waals surface area contributed by atoms with Gasteiger partial charge < -0.3 is 4.52 Å². The van der Waals surface area contributed by atoms with Gasteiger partial charge in [0.25, 0.3) is 0 Å². The fourth-order valence-corrected chi connectivity index (χ4v) is 21.9. The number of aryl methyl sites for hydroxylation is 9. The lowest BCUT2D eigenvalue weighted by molar-refractivity contribution is 0.389. The molecule has 147 heavy (non-hydrogen) atoms. The van der Waals surface area contributed by atoms with Gasteiger partial charge in [0, 0.05) is 101 Å². The molecule has 0 saturated carbocycles. The molecule has 0 atom stereocenters. The van der Waals surface area contributed by atoms with Gasteiger partial charge in [-0.15, -0.1) is 34.0 Å². The minimum Gasteiger partial charge on any atom is -0.361 e. The van der Waals surface area contributed by atoms with Crippen molar-refractivity contribution < 1.29 is 4.52 Å². The lowest BCUT2D eigenvalue weighted by Crippen LogP contribution is -2.19. The Kier molecular flexibility index (Phi) is 40.4. The maximum Gasteiger partial charge on any atom is 0.137 e. The highest BCUT2D eigenvalue weighted by Crippen LogP contribution is 2.43. The Labute approximate surface area is 912 Å². The van der Waals surface area contributed by atoms with Crippen molar-refractivity contribution in [2.45, 2.75) is 395 Å². The summed E-state index contributed by atoms with van der Waals surface area (Å²) in [4.78, 5) is 38.2. The van der Waals surface area contributed by atoms with Gasteiger partial charge in [-0.3, -0.25) is 19.9 Å². The van der Waals surface area contributed by atoms with Crippen LogP contribution in [0.3, 0.4) is 0 Å². The number of para-hydroxylation sites is 2. The molecule has 3 aliphatic carbocycles. The zero-order chi connectivity index (χ0) is 110. The summed E-state index contributed by atoms with van der Waals surface area (Å²) in [7, 11) is 0. The first kappa shape index (κ1) is 121. The summed E-state index contributed by atoms with van der Waals surface area (Å²) < 4.78 is 7.56. The van der Waals surface area contributed by atoms with E-state index in [0.29, 0.717) is 5.41 Å². The summed E-state index contributed by atoms with van der Waals surface area (Å²) in [5, 5.41) is 10.3. The number of rotatable bonds is 0. The van der Waals surface area contributed by atoms with Crippen molar-refractivity contribution in [1.82, 2.24) is 40.0 Å². The van der Waals surface area contributed by atoms with E-state index < -0.39 is 0 Å². The molecule has 0 amide bonds. The SMILES string of the molecule is C=C1Cc2cc(C(C)(C)C)cc(Cl)c2C1.CC(C)(C)c1c2c(nc3ccccc13)CCCC2.CC(C)(C)c1cc(Cl)c2c(c1)CC=C2.CC(C)(C)c1cc(Cl)c2ncsc2c1.CC(C)(C)c1ccc2c(c1)CC=N2.Cc1cc(C)c2nc(C(C)(C)C)sc2c1.Cc1ccc(C(C)(C)C)s1.Cc1ccnc(C(C)(C)C)c1.Cc1cnc2ccccc2c1C(C)(C)C.Cc1nccc(C(C)(C)C)n1.Cc1noc(C)c1C(C)(C)C. The second-order valence-corrected chi connectivity index (χ2v) is 55.8. The summed E-state index contributed by atoms with van der Waals surface area (Å²) >= 11 is 24.0. The van der Waals surface area contributed by atoms with Gasteiger partial charge in [0.15, 0.2) is 0 Å². The molecule has 16 heteroatoms. The largest absolute Gasteiger partial charge is 0.361 e. The number of aromatic nitrogens is 8. The molecular formula is C131H172Cl3N9OS3. The fraction of sp³-hybridized carbons (Fsp3) is 0.458. The van der Waals surface area contributed by atoms with Crippen molar-refractivity contribution in [2.24, 2.45) is 4.99 Å². The number of aliphatic imine (C=N–C) groups is 1. The van der Waals surface area contributed by atoms with E-state index in [2.05, 4.69) is 438 Å². The number of thiazole rings is 2. The third kappa shape index (κ3) is 34.4. The van der Waals surface area contributed by atoms with Crippen LogP contribution in [0.15, 0.2) is 197 Å². The first-order valence-corrected chi connectivity index (χ1v) is 56.0. The van der Waals surface area contributed by atoms with E-state index in [1.165, 1.54) is 171 Å². The maximum absolute atomic E-state index is 6.31. The van der Waals surface area contributed by atoms with Crippen LogP contribution in [0.1, 0.15) is 385 Å². The summed E-state index contributed by atoms with van der Waals surface area (Å²) in [6.07, 6.45) is 20.9. The summed E-state index contributed by atoms with van der Waals surface area (Å²) in [5.74, 6) is 1.78. The fourth-order valence-electron chi connectivity index (χ4n) is 18.1. The van der Waals surface area contributed by atoms with Gasteiger partial charge in [-0.1, -0.05) is 359 Å². The number of halogens is 3. The Morgan fingerprint density at radius 3 is 1.47 bits per heavy atom. The van der Waals surface area contributed by atoms with E-state index in [9.17, 15) is 0 Å². The molecule has 1 aliphatic heterocycles. The van der Waals surface area contributed by atoms with Crippen molar-refractivity contribution in [3.8, 4) is 0 Å². The average molecular weight is 2090 g/mol. The van der Waals surface area contributed by atoms with E-state index >= 15 is 0 Å². The first-order chi connectivity index (χ1) is 67.8. The van der Waals surface area contributed by atoms with Crippen LogP contribution in [-0.2, 0) is 98.1 Å². The van der Waals surface area contributed by atoms with Crippen molar-refractivity contribution in [3.63, 3.8) is 0 Å². The standard InChI is InChI=1S/C17H21N.C14H17Cl.C14H17N.C13H15Cl.C13H17NS.C12H15N.C11H12ClNS.C10H15N.C9H14N2.C9H15NO.C9H14S/c1-17(2,3)16-12-8-4-6-10-14(12)18-15-11-7-5-9-13(15)16;1-9-5-10-7-11(14(2,3)4)8-13(15)12(10)6-9;1-10-9-15-12-8-6-5-7-11(12)13(10)14(2,3)4;1-13(2,3)10-7-9-5-4-6-11(9)12(14)8-10;1-8-6-9(2)11-10(7-8)15-12(14-11)13(3,4)5;1-12(2,3)10-4-5-11-9(8-10)6-7-13-11;1-11(2,3)7-4-8(12)10-9(5-7)14-6-13-10;1-8-5-6-11-9(7-8)10(2,3)4;1-7-10-6-5-8(11-7)9(2,3)4;1-6-8(9(3,4)5)7(2)11-10-6;1-7-5-6-8(10-7)9(2,3)4/h4,6,8,10H,5,7,9,11H2,1-3H3;7-8H,1,5-6H2,2-4H3;5-9H,1-4H3;4,6-8H,5H2,1-3H3;6-7H,1-5H3;4-5,7-8H,6H2,1-3H3;4-6H,1-3H3;5-7H,1-4H3;5-6H,1-4H3;1-5H3;5-6H,1-4H3. The van der Waals surface area contributed by atoms with Gasteiger partial charge in [0.05, 0.1) is 58.4 Å². The van der Waals surface area contributed by atoms with Crippen LogP contribution >= 0.6 is 68.8 Å². The smallest absolute Gasteiger partial charge is 0.137 e. The van der Waals surface area contributed by atoms with E-state index in [1.807, 2.05) is 98.0 Å². The highest BCUT2D eigenvalue weighted by Gasteiger charge is 2.30. The number of hydrogen-bond acceptors (Lipinski definition) is 13. The van der Waals surface area contributed by atoms with Crippen molar-refractivity contribution in [2.75, 3.05) is 0 Å². The predicted octanol–water partition coefficient (Wildman–Crippen LogP) is 39.2. The third-order valence-corrected chi connectivity index (χ3v) is 30.6. The third-order valence-electron chi connectivity index (χ3n) is 26.1.